The average Bonchev–Trinajstić information content (AvgIpc) is 3.13. The van der Waals surface area contributed by atoms with E-state index in [9.17, 15) is 13.2 Å². The van der Waals surface area contributed by atoms with Crippen molar-refractivity contribution in [2.45, 2.75) is 24.8 Å². The normalized spacial score (nSPS) is 13.1. The van der Waals surface area contributed by atoms with Gasteiger partial charge in [0.2, 0.25) is 10.0 Å². The Balaban J connectivity index is 2.16. The molecule has 0 aliphatic carbocycles. The lowest BCUT2D eigenvalue weighted by molar-refractivity contribution is 0.0696. The second-order valence-corrected chi connectivity index (χ2v) is 8.02. The molecule has 8 heteroatoms. The van der Waals surface area contributed by atoms with Crippen molar-refractivity contribution in [2.24, 2.45) is 0 Å². The minimum atomic E-state index is -3.71. The van der Waals surface area contributed by atoms with Crippen molar-refractivity contribution in [1.82, 2.24) is 9.62 Å². The van der Waals surface area contributed by atoms with Crippen LogP contribution in [0.4, 0.5) is 0 Å². The van der Waals surface area contributed by atoms with Crippen molar-refractivity contribution >= 4 is 27.3 Å². The lowest BCUT2D eigenvalue weighted by atomic mass is 10.1. The van der Waals surface area contributed by atoms with Crippen molar-refractivity contribution < 1.29 is 18.3 Å². The molecule has 0 spiro atoms. The molecule has 1 aromatic heterocycles. The molecule has 0 aliphatic rings. The summed E-state index contributed by atoms with van der Waals surface area (Å²) >= 11 is 1.58. The standard InChI is InChI=1S/C17H22N2O4S2/c1-3-19(4-2)16(14-9-10-24-12-14)11-18-25(22,23)15-7-5-13(6-8-15)17(20)21/h5-10,12,16,18H,3-4,11H2,1-2H3,(H,20,21). The number of hydrogen-bond donors (Lipinski definition) is 2. The number of nitrogens with zero attached hydrogens (tertiary/aromatic N) is 1. The first-order chi connectivity index (χ1) is 11.9. The van der Waals surface area contributed by atoms with Crippen LogP contribution in [0.5, 0.6) is 0 Å². The van der Waals surface area contributed by atoms with Crippen LogP contribution in [0, 0.1) is 0 Å². The third kappa shape index (κ3) is 4.88. The number of rotatable bonds is 9. The lowest BCUT2D eigenvalue weighted by Gasteiger charge is -2.29. The van der Waals surface area contributed by atoms with Crippen molar-refractivity contribution in [3.05, 3.63) is 52.2 Å². The van der Waals surface area contributed by atoms with Crippen LogP contribution in [0.1, 0.15) is 35.8 Å². The van der Waals surface area contributed by atoms with E-state index in [2.05, 4.69) is 9.62 Å². The van der Waals surface area contributed by atoms with Gasteiger partial charge in [0.15, 0.2) is 0 Å². The fraction of sp³-hybridized carbons (Fsp3) is 0.353. The van der Waals surface area contributed by atoms with Crippen LogP contribution in [0.2, 0.25) is 0 Å². The van der Waals surface area contributed by atoms with Gasteiger partial charge in [-0.15, -0.1) is 0 Å². The summed E-state index contributed by atoms with van der Waals surface area (Å²) in [6.07, 6.45) is 0. The molecular weight excluding hydrogens is 360 g/mol. The van der Waals surface area contributed by atoms with E-state index in [1.807, 2.05) is 30.7 Å². The molecule has 0 saturated carbocycles. The topological polar surface area (TPSA) is 86.7 Å². The summed E-state index contributed by atoms with van der Waals surface area (Å²) in [5, 5.41) is 12.9. The van der Waals surface area contributed by atoms with E-state index in [0.717, 1.165) is 18.7 Å². The highest BCUT2D eigenvalue weighted by molar-refractivity contribution is 7.89. The molecule has 0 amide bonds. The second-order valence-electron chi connectivity index (χ2n) is 5.48. The molecule has 0 fully saturated rings. The molecule has 0 radical (unpaired) electrons. The first-order valence-electron chi connectivity index (χ1n) is 7.98. The zero-order valence-corrected chi connectivity index (χ0v) is 15.8. The average molecular weight is 383 g/mol. The number of hydrogen-bond acceptors (Lipinski definition) is 5. The molecule has 1 aromatic carbocycles. The Kier molecular flexibility index (Phi) is 6.71. The number of likely N-dealkylation sites (N-methyl/N-ethyl adjacent to an activating group) is 1. The fourth-order valence-corrected chi connectivity index (χ4v) is 4.38. The Bertz CT molecular complexity index is 783. The molecule has 136 valence electrons. The van der Waals surface area contributed by atoms with Crippen molar-refractivity contribution in [2.75, 3.05) is 19.6 Å². The summed E-state index contributed by atoms with van der Waals surface area (Å²) in [6.45, 7) is 5.96. The Morgan fingerprint density at radius 1 is 1.20 bits per heavy atom. The number of carboxylic acid groups (broad SMARTS) is 1. The largest absolute Gasteiger partial charge is 0.478 e. The van der Waals surface area contributed by atoms with Gasteiger partial charge in [-0.1, -0.05) is 13.8 Å². The number of thiophene rings is 1. The quantitative estimate of drug-likeness (QED) is 0.696. The molecule has 2 aromatic rings. The summed E-state index contributed by atoms with van der Waals surface area (Å²) in [4.78, 5) is 13.1. The Morgan fingerprint density at radius 3 is 2.32 bits per heavy atom. The Hall–Kier alpha value is -1.74. The van der Waals surface area contributed by atoms with Gasteiger partial charge in [0.25, 0.3) is 0 Å². The van der Waals surface area contributed by atoms with E-state index in [1.165, 1.54) is 24.3 Å². The SMILES string of the molecule is CCN(CC)C(CNS(=O)(=O)c1ccc(C(=O)O)cc1)c1ccsc1. The molecule has 1 unspecified atom stereocenters. The molecule has 1 atom stereocenters. The van der Waals surface area contributed by atoms with Gasteiger partial charge < -0.3 is 5.11 Å². The predicted octanol–water partition coefficient (Wildman–Crippen LogP) is 2.81. The van der Waals surface area contributed by atoms with Gasteiger partial charge in [-0.25, -0.2) is 17.9 Å². The van der Waals surface area contributed by atoms with Crippen LogP contribution >= 0.6 is 11.3 Å². The van der Waals surface area contributed by atoms with Gasteiger partial charge in [-0.05, 0) is 59.7 Å². The molecule has 25 heavy (non-hydrogen) atoms. The summed E-state index contributed by atoms with van der Waals surface area (Å²) < 4.78 is 27.7. The van der Waals surface area contributed by atoms with E-state index in [0.29, 0.717) is 0 Å². The maximum atomic E-state index is 12.5. The third-order valence-electron chi connectivity index (χ3n) is 4.06. The maximum Gasteiger partial charge on any atom is 0.335 e. The summed E-state index contributed by atoms with van der Waals surface area (Å²) in [5.74, 6) is -1.09. The summed E-state index contributed by atoms with van der Waals surface area (Å²) in [5.41, 5.74) is 1.14. The van der Waals surface area contributed by atoms with E-state index >= 15 is 0 Å². The highest BCUT2D eigenvalue weighted by atomic mass is 32.2. The van der Waals surface area contributed by atoms with Crippen LogP contribution in [-0.2, 0) is 10.0 Å². The zero-order chi connectivity index (χ0) is 18.4. The Labute approximate surface area is 152 Å². The van der Waals surface area contributed by atoms with Gasteiger partial charge in [0.05, 0.1) is 10.5 Å². The first-order valence-corrected chi connectivity index (χ1v) is 10.4. The monoisotopic (exact) mass is 382 g/mol. The summed E-state index contributed by atoms with van der Waals surface area (Å²) in [6, 6.07) is 7.15. The number of aromatic carboxylic acids is 1. The third-order valence-corrected chi connectivity index (χ3v) is 6.20. The minimum absolute atomic E-state index is 0.0469. The number of sulfonamides is 1. The van der Waals surface area contributed by atoms with Crippen molar-refractivity contribution in [3.8, 4) is 0 Å². The molecule has 6 nitrogen and oxygen atoms in total. The minimum Gasteiger partial charge on any atom is -0.478 e. The molecule has 2 rings (SSSR count). The zero-order valence-electron chi connectivity index (χ0n) is 14.2. The lowest BCUT2D eigenvalue weighted by Crippen LogP contribution is -2.37. The number of carbonyl (C=O) groups is 1. The molecule has 2 N–H and O–H groups in total. The van der Waals surface area contributed by atoms with Crippen molar-refractivity contribution in [1.29, 1.82) is 0 Å². The van der Waals surface area contributed by atoms with Crippen LogP contribution < -0.4 is 4.72 Å². The molecule has 0 bridgehead atoms. The smallest absolute Gasteiger partial charge is 0.335 e. The van der Waals surface area contributed by atoms with Gasteiger partial charge in [0.1, 0.15) is 0 Å². The Morgan fingerprint density at radius 2 is 1.84 bits per heavy atom. The van der Waals surface area contributed by atoms with Gasteiger partial charge >= 0.3 is 5.97 Å². The van der Waals surface area contributed by atoms with Crippen LogP contribution in [0.15, 0.2) is 46.0 Å². The summed E-state index contributed by atoms with van der Waals surface area (Å²) in [7, 11) is -3.71. The van der Waals surface area contributed by atoms with E-state index < -0.39 is 16.0 Å². The second kappa shape index (κ2) is 8.57. The van der Waals surface area contributed by atoms with Crippen molar-refractivity contribution in [3.63, 3.8) is 0 Å². The molecular formula is C17H22N2O4S2. The van der Waals surface area contributed by atoms with E-state index in [-0.39, 0.29) is 23.0 Å². The van der Waals surface area contributed by atoms with Gasteiger partial charge in [0, 0.05) is 12.6 Å². The number of nitrogens with one attached hydrogen (secondary N) is 1. The maximum absolute atomic E-state index is 12.5. The van der Waals surface area contributed by atoms with E-state index in [1.54, 1.807) is 11.3 Å². The van der Waals surface area contributed by atoms with Crippen LogP contribution in [0.25, 0.3) is 0 Å². The van der Waals surface area contributed by atoms with Crippen LogP contribution in [-0.4, -0.2) is 44.0 Å². The molecule has 0 saturated heterocycles. The van der Waals surface area contributed by atoms with Gasteiger partial charge in [-0.3, -0.25) is 4.90 Å². The molecule has 0 aliphatic heterocycles. The predicted molar refractivity (Wildman–Crippen MR) is 98.6 cm³/mol. The number of benzene rings is 1. The number of carboxylic acids is 1. The molecule has 1 heterocycles. The van der Waals surface area contributed by atoms with Gasteiger partial charge in [-0.2, -0.15) is 11.3 Å². The highest BCUT2D eigenvalue weighted by Crippen LogP contribution is 2.23. The fourth-order valence-electron chi connectivity index (χ4n) is 2.64. The first kappa shape index (κ1) is 19.6. The van der Waals surface area contributed by atoms with Crippen LogP contribution in [0.3, 0.4) is 0 Å². The highest BCUT2D eigenvalue weighted by Gasteiger charge is 2.22. The van der Waals surface area contributed by atoms with E-state index in [4.69, 9.17) is 5.11 Å².